The number of carbonyl (C=O) groups excluding carboxylic acids is 2. The number of benzene rings is 2. The second kappa shape index (κ2) is 7.61. The number of allylic oxidation sites excluding steroid dienone is 1. The van der Waals surface area contributed by atoms with E-state index in [-0.39, 0.29) is 17.8 Å². The standard InChI is InChI=1S/C22H23NO3S/c1-22(2)17-10-6-7-11-18(17)23(3)20(22)13-15(24)14-26-21(25)16-9-5-8-12-19(16)27-4/h5-13H,14H2,1-4H3. The third-order valence-electron chi connectivity index (χ3n) is 4.91. The van der Waals surface area contributed by atoms with Crippen molar-refractivity contribution in [3.63, 3.8) is 0 Å². The van der Waals surface area contributed by atoms with Crippen LogP contribution < -0.4 is 4.90 Å². The van der Waals surface area contributed by atoms with Crippen LogP contribution in [0.2, 0.25) is 0 Å². The van der Waals surface area contributed by atoms with E-state index < -0.39 is 5.97 Å². The minimum absolute atomic E-state index is 0.229. The first-order valence-electron chi connectivity index (χ1n) is 8.74. The molecular formula is C22H23NO3S. The van der Waals surface area contributed by atoms with E-state index in [9.17, 15) is 9.59 Å². The number of nitrogens with zero attached hydrogens (tertiary/aromatic N) is 1. The molecule has 0 bridgehead atoms. The molecular weight excluding hydrogens is 358 g/mol. The number of carbonyl (C=O) groups is 2. The summed E-state index contributed by atoms with van der Waals surface area (Å²) in [6, 6.07) is 15.3. The second-order valence-corrected chi connectivity index (χ2v) is 7.82. The molecule has 0 amide bonds. The van der Waals surface area contributed by atoms with Crippen LogP contribution >= 0.6 is 11.8 Å². The number of esters is 1. The molecule has 0 aliphatic carbocycles. The fraction of sp³-hybridized carbons (Fsp3) is 0.273. The number of ether oxygens (including phenoxy) is 1. The van der Waals surface area contributed by atoms with Crippen molar-refractivity contribution in [2.75, 3.05) is 24.8 Å². The van der Waals surface area contributed by atoms with Gasteiger partial charge in [-0.05, 0) is 30.0 Å². The van der Waals surface area contributed by atoms with Crippen molar-refractivity contribution in [3.05, 3.63) is 71.4 Å². The first-order chi connectivity index (χ1) is 12.9. The summed E-state index contributed by atoms with van der Waals surface area (Å²) >= 11 is 1.47. The van der Waals surface area contributed by atoms with E-state index in [1.54, 1.807) is 18.2 Å². The zero-order valence-electron chi connectivity index (χ0n) is 16.0. The van der Waals surface area contributed by atoms with Gasteiger partial charge in [-0.1, -0.05) is 44.2 Å². The average molecular weight is 381 g/mol. The zero-order chi connectivity index (χ0) is 19.6. The Morgan fingerprint density at radius 1 is 1.11 bits per heavy atom. The quantitative estimate of drug-likeness (QED) is 0.435. The molecule has 4 nitrogen and oxygen atoms in total. The molecule has 1 aliphatic rings. The monoisotopic (exact) mass is 381 g/mol. The number of ketones is 1. The molecule has 5 heteroatoms. The Kier molecular flexibility index (Phi) is 5.42. The minimum Gasteiger partial charge on any atom is -0.454 e. The molecule has 0 saturated heterocycles. The molecule has 0 radical (unpaired) electrons. The van der Waals surface area contributed by atoms with Gasteiger partial charge in [-0.3, -0.25) is 4.79 Å². The summed E-state index contributed by atoms with van der Waals surface area (Å²) in [4.78, 5) is 27.7. The van der Waals surface area contributed by atoms with Crippen LogP contribution in [0.4, 0.5) is 5.69 Å². The maximum absolute atomic E-state index is 12.5. The number of fused-ring (bicyclic) bond motifs is 1. The smallest absolute Gasteiger partial charge is 0.339 e. The van der Waals surface area contributed by atoms with Crippen LogP contribution in [0.3, 0.4) is 0 Å². The summed E-state index contributed by atoms with van der Waals surface area (Å²) < 4.78 is 5.26. The summed E-state index contributed by atoms with van der Waals surface area (Å²) in [5.41, 5.74) is 3.37. The lowest BCUT2D eigenvalue weighted by atomic mass is 9.83. The molecule has 1 heterocycles. The number of hydrogen-bond acceptors (Lipinski definition) is 5. The molecule has 0 N–H and O–H groups in total. The van der Waals surface area contributed by atoms with E-state index in [0.717, 1.165) is 16.3 Å². The lowest BCUT2D eigenvalue weighted by molar-refractivity contribution is -0.117. The summed E-state index contributed by atoms with van der Waals surface area (Å²) in [6.45, 7) is 3.91. The molecule has 0 atom stereocenters. The van der Waals surface area contributed by atoms with Gasteiger partial charge in [-0.15, -0.1) is 11.8 Å². The molecule has 27 heavy (non-hydrogen) atoms. The highest BCUT2D eigenvalue weighted by molar-refractivity contribution is 7.98. The fourth-order valence-electron chi connectivity index (χ4n) is 3.48. The Balaban J connectivity index is 1.73. The van der Waals surface area contributed by atoms with Crippen LogP contribution in [0.5, 0.6) is 0 Å². The van der Waals surface area contributed by atoms with Crippen molar-refractivity contribution in [1.29, 1.82) is 0 Å². The van der Waals surface area contributed by atoms with Gasteiger partial charge in [0.25, 0.3) is 0 Å². The van der Waals surface area contributed by atoms with Gasteiger partial charge >= 0.3 is 5.97 Å². The number of para-hydroxylation sites is 1. The number of likely N-dealkylation sites (N-methyl/N-ethyl adjacent to an activating group) is 1. The molecule has 3 rings (SSSR count). The van der Waals surface area contributed by atoms with Crippen LogP contribution in [0.15, 0.2) is 65.2 Å². The number of thioether (sulfide) groups is 1. The maximum atomic E-state index is 12.5. The molecule has 140 valence electrons. The van der Waals surface area contributed by atoms with Crippen molar-refractivity contribution in [2.24, 2.45) is 0 Å². The van der Waals surface area contributed by atoms with E-state index in [2.05, 4.69) is 19.9 Å². The predicted molar refractivity (Wildman–Crippen MR) is 109 cm³/mol. The average Bonchev–Trinajstić information content (AvgIpc) is 2.87. The first kappa shape index (κ1) is 19.2. The van der Waals surface area contributed by atoms with Crippen molar-refractivity contribution in [1.82, 2.24) is 0 Å². The molecule has 2 aromatic rings. The van der Waals surface area contributed by atoms with Gasteiger partial charge in [0.05, 0.1) is 5.56 Å². The Bertz CT molecular complexity index is 917. The molecule has 0 unspecified atom stereocenters. The van der Waals surface area contributed by atoms with Gasteiger partial charge in [0, 0.05) is 34.8 Å². The van der Waals surface area contributed by atoms with E-state index in [1.165, 1.54) is 17.3 Å². The highest BCUT2D eigenvalue weighted by Crippen LogP contribution is 2.46. The van der Waals surface area contributed by atoms with E-state index in [0.29, 0.717) is 5.56 Å². The molecule has 2 aromatic carbocycles. The summed E-state index contributed by atoms with van der Waals surface area (Å²) in [6.07, 6.45) is 3.49. The van der Waals surface area contributed by atoms with Gasteiger partial charge in [0.2, 0.25) is 0 Å². The Morgan fingerprint density at radius 3 is 2.48 bits per heavy atom. The summed E-state index contributed by atoms with van der Waals surface area (Å²) in [7, 11) is 1.95. The Labute approximate surface area is 164 Å². The van der Waals surface area contributed by atoms with Gasteiger partial charge < -0.3 is 9.64 Å². The molecule has 1 aliphatic heterocycles. The SMILES string of the molecule is CSc1ccccc1C(=O)OCC(=O)C=C1N(C)c2ccccc2C1(C)C. The highest BCUT2D eigenvalue weighted by atomic mass is 32.2. The second-order valence-electron chi connectivity index (χ2n) is 6.97. The lowest BCUT2D eigenvalue weighted by Gasteiger charge is -2.23. The van der Waals surface area contributed by atoms with Crippen LogP contribution in [0.25, 0.3) is 0 Å². The fourth-order valence-corrected chi connectivity index (χ4v) is 4.07. The predicted octanol–water partition coefficient (Wildman–Crippen LogP) is 4.45. The van der Waals surface area contributed by atoms with Crippen molar-refractivity contribution >= 4 is 29.2 Å². The number of rotatable bonds is 5. The van der Waals surface area contributed by atoms with Gasteiger partial charge in [0.15, 0.2) is 12.4 Å². The van der Waals surface area contributed by atoms with Crippen LogP contribution in [0, 0.1) is 0 Å². The van der Waals surface area contributed by atoms with Gasteiger partial charge in [0.1, 0.15) is 0 Å². The van der Waals surface area contributed by atoms with E-state index in [1.807, 2.05) is 48.5 Å². The number of hydrogen-bond donors (Lipinski definition) is 0. The highest BCUT2D eigenvalue weighted by Gasteiger charge is 2.38. The zero-order valence-corrected chi connectivity index (χ0v) is 16.8. The van der Waals surface area contributed by atoms with Crippen LogP contribution in [-0.2, 0) is 14.9 Å². The summed E-state index contributed by atoms with van der Waals surface area (Å²) in [5, 5.41) is 0. The maximum Gasteiger partial charge on any atom is 0.339 e. The van der Waals surface area contributed by atoms with Crippen molar-refractivity contribution < 1.29 is 14.3 Å². The molecule has 0 aromatic heterocycles. The third kappa shape index (κ3) is 3.65. The van der Waals surface area contributed by atoms with Gasteiger partial charge in [-0.25, -0.2) is 4.79 Å². The molecule has 0 saturated carbocycles. The van der Waals surface area contributed by atoms with Crippen molar-refractivity contribution in [2.45, 2.75) is 24.2 Å². The molecule has 0 fully saturated rings. The Morgan fingerprint density at radius 2 is 1.78 bits per heavy atom. The van der Waals surface area contributed by atoms with Gasteiger partial charge in [-0.2, -0.15) is 0 Å². The Hall–Kier alpha value is -2.53. The largest absolute Gasteiger partial charge is 0.454 e. The summed E-state index contributed by atoms with van der Waals surface area (Å²) in [5.74, 6) is -0.707. The van der Waals surface area contributed by atoms with E-state index >= 15 is 0 Å². The van der Waals surface area contributed by atoms with Crippen LogP contribution in [0.1, 0.15) is 29.8 Å². The van der Waals surface area contributed by atoms with Crippen LogP contribution in [-0.4, -0.2) is 31.7 Å². The minimum atomic E-state index is -0.478. The van der Waals surface area contributed by atoms with E-state index in [4.69, 9.17) is 4.74 Å². The number of anilines is 1. The van der Waals surface area contributed by atoms with Crippen molar-refractivity contribution in [3.8, 4) is 0 Å². The first-order valence-corrected chi connectivity index (χ1v) is 9.97. The normalized spacial score (nSPS) is 16.3. The lowest BCUT2D eigenvalue weighted by Crippen LogP contribution is -2.25. The molecule has 0 spiro atoms. The topological polar surface area (TPSA) is 46.6 Å². The third-order valence-corrected chi connectivity index (χ3v) is 5.71.